The first kappa shape index (κ1) is 5.79. The minimum atomic E-state index is 1.22. The molecule has 0 aliphatic carbocycles. The number of nitrogens with zero attached hydrogens (tertiary/aromatic N) is 1. The van der Waals surface area contributed by atoms with E-state index in [4.69, 9.17) is 0 Å². The van der Waals surface area contributed by atoms with Gasteiger partial charge >= 0.3 is 0 Å². The minimum Gasteiger partial charge on any atom is -0.288 e. The molecule has 1 fully saturated rings. The molecule has 3 heteroatoms. The van der Waals surface area contributed by atoms with Gasteiger partial charge in [0, 0.05) is 16.8 Å². The van der Waals surface area contributed by atoms with E-state index in [0.717, 1.165) is 0 Å². The second kappa shape index (κ2) is 2.84. The maximum Gasteiger partial charge on any atom is 0.0457 e. The molecule has 1 heterocycles. The SMILES string of the molecule is CN1CSCSC1. The van der Waals surface area contributed by atoms with E-state index in [9.17, 15) is 0 Å². The molecule has 0 amide bonds. The highest BCUT2D eigenvalue weighted by Crippen LogP contribution is 2.19. The molecule has 1 nitrogen and oxygen atoms in total. The van der Waals surface area contributed by atoms with Crippen molar-refractivity contribution in [2.45, 2.75) is 0 Å². The lowest BCUT2D eigenvalue weighted by Gasteiger charge is -2.19. The second-order valence-corrected chi connectivity index (χ2v) is 3.92. The Morgan fingerprint density at radius 1 is 1.29 bits per heavy atom. The molecule has 0 unspecified atom stereocenters. The summed E-state index contributed by atoms with van der Waals surface area (Å²) in [5, 5.41) is 1.28. The third kappa shape index (κ3) is 1.93. The molecule has 1 aliphatic rings. The number of thioether (sulfide) groups is 2. The van der Waals surface area contributed by atoms with Crippen molar-refractivity contribution in [3.05, 3.63) is 0 Å². The van der Waals surface area contributed by atoms with Gasteiger partial charge in [-0.15, -0.1) is 23.5 Å². The highest BCUT2D eigenvalue weighted by molar-refractivity contribution is 8.16. The summed E-state index contributed by atoms with van der Waals surface area (Å²) < 4.78 is 0. The predicted molar refractivity (Wildman–Crippen MR) is 37.5 cm³/mol. The Balaban J connectivity index is 2.12. The van der Waals surface area contributed by atoms with Gasteiger partial charge in [0.15, 0.2) is 0 Å². The fourth-order valence-corrected chi connectivity index (χ4v) is 2.47. The van der Waals surface area contributed by atoms with Crippen LogP contribution < -0.4 is 0 Å². The zero-order valence-corrected chi connectivity index (χ0v) is 6.02. The van der Waals surface area contributed by atoms with Crippen LogP contribution in [0.15, 0.2) is 0 Å². The summed E-state index contributed by atoms with van der Waals surface area (Å²) in [5.74, 6) is 2.43. The first-order valence-electron chi connectivity index (χ1n) is 2.23. The van der Waals surface area contributed by atoms with Gasteiger partial charge in [0.25, 0.3) is 0 Å². The maximum atomic E-state index is 2.32. The zero-order chi connectivity index (χ0) is 5.11. The van der Waals surface area contributed by atoms with E-state index in [-0.39, 0.29) is 0 Å². The van der Waals surface area contributed by atoms with Crippen LogP contribution in [0.1, 0.15) is 0 Å². The Labute approximate surface area is 52.8 Å². The van der Waals surface area contributed by atoms with Gasteiger partial charge in [-0.1, -0.05) is 0 Å². The van der Waals surface area contributed by atoms with Crippen molar-refractivity contribution in [2.24, 2.45) is 0 Å². The average Bonchev–Trinajstić information content (AvgIpc) is 1.69. The van der Waals surface area contributed by atoms with Gasteiger partial charge in [0.2, 0.25) is 0 Å². The van der Waals surface area contributed by atoms with Crippen molar-refractivity contribution in [1.29, 1.82) is 0 Å². The van der Waals surface area contributed by atoms with Crippen molar-refractivity contribution < 1.29 is 0 Å². The summed E-state index contributed by atoms with van der Waals surface area (Å²) in [6.07, 6.45) is 0. The lowest BCUT2D eigenvalue weighted by molar-refractivity contribution is 0.464. The fraction of sp³-hybridized carbons (Fsp3) is 1.00. The molecule has 0 aromatic rings. The Bertz CT molecular complexity index is 51.7. The Hall–Kier alpha value is 0.660. The van der Waals surface area contributed by atoms with E-state index in [0.29, 0.717) is 0 Å². The first-order valence-corrected chi connectivity index (χ1v) is 4.54. The lowest BCUT2D eigenvalue weighted by Crippen LogP contribution is -2.20. The van der Waals surface area contributed by atoms with E-state index >= 15 is 0 Å². The van der Waals surface area contributed by atoms with Crippen molar-refractivity contribution in [1.82, 2.24) is 4.90 Å². The van der Waals surface area contributed by atoms with Crippen LogP contribution in [0, 0.1) is 0 Å². The zero-order valence-electron chi connectivity index (χ0n) is 4.39. The minimum absolute atomic E-state index is 1.22. The first-order chi connectivity index (χ1) is 3.39. The summed E-state index contributed by atoms with van der Waals surface area (Å²) in [6, 6.07) is 0. The predicted octanol–water partition coefficient (Wildman–Crippen LogP) is 1.27. The number of rotatable bonds is 0. The van der Waals surface area contributed by atoms with E-state index in [2.05, 4.69) is 11.9 Å². The van der Waals surface area contributed by atoms with Gasteiger partial charge in [-0.25, -0.2) is 0 Å². The number of hydrogen-bond acceptors (Lipinski definition) is 3. The van der Waals surface area contributed by atoms with E-state index in [1.165, 1.54) is 16.8 Å². The molecule has 0 radical (unpaired) electrons. The number of hydrogen-bond donors (Lipinski definition) is 0. The highest BCUT2D eigenvalue weighted by Gasteiger charge is 2.02. The smallest absolute Gasteiger partial charge is 0.0457 e. The normalized spacial score (nSPS) is 25.3. The van der Waals surface area contributed by atoms with Crippen LogP contribution in [0.4, 0.5) is 0 Å². The van der Waals surface area contributed by atoms with Gasteiger partial charge in [-0.05, 0) is 7.05 Å². The second-order valence-electron chi connectivity index (χ2n) is 1.64. The van der Waals surface area contributed by atoms with E-state index < -0.39 is 0 Å². The van der Waals surface area contributed by atoms with Gasteiger partial charge in [0.1, 0.15) is 0 Å². The van der Waals surface area contributed by atoms with E-state index in [1.54, 1.807) is 0 Å². The Kier molecular flexibility index (Phi) is 2.35. The van der Waals surface area contributed by atoms with Gasteiger partial charge in [-0.3, -0.25) is 4.90 Å². The lowest BCUT2D eigenvalue weighted by atomic mass is 11.0. The van der Waals surface area contributed by atoms with Gasteiger partial charge in [0.05, 0.1) is 0 Å². The average molecular weight is 135 g/mol. The molecule has 0 saturated carbocycles. The molecule has 0 N–H and O–H groups in total. The van der Waals surface area contributed by atoms with Crippen LogP contribution in [-0.4, -0.2) is 28.8 Å². The van der Waals surface area contributed by atoms with E-state index in [1.807, 2.05) is 23.5 Å². The maximum absolute atomic E-state index is 2.32. The fourth-order valence-electron chi connectivity index (χ4n) is 0.482. The molecular weight excluding hydrogens is 126 g/mol. The summed E-state index contributed by atoms with van der Waals surface area (Å²) in [7, 11) is 2.15. The quantitative estimate of drug-likeness (QED) is 0.492. The molecule has 0 spiro atoms. The molecule has 42 valence electrons. The molecule has 0 atom stereocenters. The van der Waals surface area contributed by atoms with Crippen LogP contribution in [0.5, 0.6) is 0 Å². The highest BCUT2D eigenvalue weighted by atomic mass is 32.2. The topological polar surface area (TPSA) is 3.24 Å². The van der Waals surface area contributed by atoms with Crippen LogP contribution in [0.25, 0.3) is 0 Å². The van der Waals surface area contributed by atoms with Crippen LogP contribution in [0.2, 0.25) is 0 Å². The molecule has 1 rings (SSSR count). The summed E-state index contributed by atoms with van der Waals surface area (Å²) in [5.41, 5.74) is 0. The molecule has 0 aromatic carbocycles. The molecule has 1 saturated heterocycles. The Morgan fingerprint density at radius 2 is 1.86 bits per heavy atom. The van der Waals surface area contributed by atoms with Gasteiger partial charge in [-0.2, -0.15) is 0 Å². The van der Waals surface area contributed by atoms with Crippen molar-refractivity contribution in [3.8, 4) is 0 Å². The van der Waals surface area contributed by atoms with Gasteiger partial charge < -0.3 is 0 Å². The largest absolute Gasteiger partial charge is 0.288 e. The third-order valence-electron chi connectivity index (χ3n) is 0.790. The molecule has 0 bridgehead atoms. The summed E-state index contributed by atoms with van der Waals surface area (Å²) >= 11 is 3.98. The van der Waals surface area contributed by atoms with Crippen LogP contribution in [0.3, 0.4) is 0 Å². The molecule has 1 aliphatic heterocycles. The van der Waals surface area contributed by atoms with Crippen LogP contribution >= 0.6 is 23.5 Å². The summed E-state index contributed by atoms with van der Waals surface area (Å²) in [6.45, 7) is 0. The third-order valence-corrected chi connectivity index (χ3v) is 3.37. The van der Waals surface area contributed by atoms with Crippen molar-refractivity contribution in [2.75, 3.05) is 23.9 Å². The Morgan fingerprint density at radius 3 is 2.14 bits per heavy atom. The molecule has 0 aromatic heterocycles. The molecule has 7 heavy (non-hydrogen) atoms. The standard InChI is InChI=1S/C4H9NS2/c1-5-2-6-4-7-3-5/h2-4H2,1H3. The van der Waals surface area contributed by atoms with Crippen molar-refractivity contribution >= 4 is 23.5 Å². The van der Waals surface area contributed by atoms with Crippen LogP contribution in [-0.2, 0) is 0 Å². The monoisotopic (exact) mass is 135 g/mol. The molecular formula is C4H9NS2. The van der Waals surface area contributed by atoms with Crippen molar-refractivity contribution in [3.63, 3.8) is 0 Å². The summed E-state index contributed by atoms with van der Waals surface area (Å²) in [4.78, 5) is 2.32.